The Morgan fingerprint density at radius 3 is 2.74 bits per heavy atom. The van der Waals surface area contributed by atoms with Crippen LogP contribution in [0.3, 0.4) is 0 Å². The van der Waals surface area contributed by atoms with Crippen LogP contribution < -0.4 is 5.32 Å². The predicted molar refractivity (Wildman–Crippen MR) is 78.2 cm³/mol. The normalized spacial score (nSPS) is 21.3. The summed E-state index contributed by atoms with van der Waals surface area (Å²) in [5.74, 6) is 3.05. The highest BCUT2D eigenvalue weighted by Gasteiger charge is 2.32. The minimum absolute atomic E-state index is 0.139. The van der Waals surface area contributed by atoms with Gasteiger partial charge in [-0.2, -0.15) is 0 Å². The van der Waals surface area contributed by atoms with Crippen LogP contribution in [0.4, 0.5) is 0 Å². The van der Waals surface area contributed by atoms with Crippen molar-refractivity contribution in [3.05, 3.63) is 17.2 Å². The summed E-state index contributed by atoms with van der Waals surface area (Å²) >= 11 is 0. The number of hydrogen-bond acceptors (Lipinski definition) is 2. The highest BCUT2D eigenvalue weighted by atomic mass is 15.1. The van der Waals surface area contributed by atoms with Gasteiger partial charge in [-0.25, -0.2) is 4.98 Å². The molecule has 3 rings (SSSR count). The smallest absolute Gasteiger partial charge is 0.114 e. The zero-order valence-corrected chi connectivity index (χ0v) is 12.8. The van der Waals surface area contributed by atoms with Crippen molar-refractivity contribution in [2.75, 3.05) is 6.54 Å². The van der Waals surface area contributed by atoms with E-state index in [-0.39, 0.29) is 5.41 Å². The number of hydrogen-bond donors (Lipinski definition) is 1. The maximum Gasteiger partial charge on any atom is 0.114 e. The molecule has 1 saturated carbocycles. The second-order valence-electron chi connectivity index (χ2n) is 7.43. The summed E-state index contributed by atoms with van der Waals surface area (Å²) in [6.45, 7) is 12.5. The van der Waals surface area contributed by atoms with Crippen molar-refractivity contribution in [1.82, 2.24) is 14.9 Å². The molecule has 1 aromatic heterocycles. The Balaban J connectivity index is 1.96. The largest absolute Gasteiger partial charge is 0.331 e. The third kappa shape index (κ3) is 2.58. The van der Waals surface area contributed by atoms with E-state index in [1.807, 2.05) is 0 Å². The number of imidazole rings is 1. The van der Waals surface area contributed by atoms with E-state index in [0.717, 1.165) is 31.3 Å². The lowest BCUT2D eigenvalue weighted by atomic mass is 9.95. The lowest BCUT2D eigenvalue weighted by Crippen LogP contribution is -2.27. The maximum absolute atomic E-state index is 4.96. The van der Waals surface area contributed by atoms with Gasteiger partial charge in [0, 0.05) is 37.2 Å². The zero-order valence-electron chi connectivity index (χ0n) is 12.8. The Hall–Kier alpha value is -0.830. The van der Waals surface area contributed by atoms with Gasteiger partial charge in [0.15, 0.2) is 0 Å². The molecule has 1 aliphatic heterocycles. The molecule has 1 aliphatic carbocycles. The Morgan fingerprint density at radius 1 is 1.37 bits per heavy atom. The molecule has 3 nitrogen and oxygen atoms in total. The third-order valence-electron chi connectivity index (χ3n) is 4.55. The Labute approximate surface area is 116 Å². The molecule has 0 radical (unpaired) electrons. The van der Waals surface area contributed by atoms with E-state index in [1.54, 1.807) is 0 Å². The van der Waals surface area contributed by atoms with E-state index in [4.69, 9.17) is 4.98 Å². The standard InChI is InChI=1S/C16H27N3/c1-11(12-5-6-12)10-19-14-7-8-17-9-13(14)18-15(19)16(2,3)4/h11-12,17H,5-10H2,1-4H3. The van der Waals surface area contributed by atoms with Crippen LogP contribution in [-0.2, 0) is 24.9 Å². The van der Waals surface area contributed by atoms with Crippen LogP contribution in [0, 0.1) is 11.8 Å². The molecule has 0 amide bonds. The van der Waals surface area contributed by atoms with Crippen molar-refractivity contribution in [3.8, 4) is 0 Å². The van der Waals surface area contributed by atoms with Crippen LogP contribution in [0.15, 0.2) is 0 Å². The van der Waals surface area contributed by atoms with Crippen molar-refractivity contribution in [2.24, 2.45) is 11.8 Å². The fraction of sp³-hybridized carbons (Fsp3) is 0.812. The number of nitrogens with zero attached hydrogens (tertiary/aromatic N) is 2. The van der Waals surface area contributed by atoms with Crippen LogP contribution in [0.2, 0.25) is 0 Å². The van der Waals surface area contributed by atoms with Crippen molar-refractivity contribution >= 4 is 0 Å². The fourth-order valence-electron chi connectivity index (χ4n) is 3.24. The van der Waals surface area contributed by atoms with Gasteiger partial charge in [-0.1, -0.05) is 27.7 Å². The molecule has 1 N–H and O–H groups in total. The molecule has 0 bridgehead atoms. The maximum atomic E-state index is 4.96. The Morgan fingerprint density at radius 2 is 2.11 bits per heavy atom. The SMILES string of the molecule is CC(Cn1c(C(C)(C)C)nc2c1CCNC2)C1CC1. The molecule has 3 heteroatoms. The molecule has 0 aromatic carbocycles. The highest BCUT2D eigenvalue weighted by molar-refractivity contribution is 5.23. The highest BCUT2D eigenvalue weighted by Crippen LogP contribution is 2.38. The molecular formula is C16H27N3. The third-order valence-corrected chi connectivity index (χ3v) is 4.55. The molecular weight excluding hydrogens is 234 g/mol. The van der Waals surface area contributed by atoms with E-state index in [2.05, 4.69) is 37.6 Å². The van der Waals surface area contributed by atoms with Gasteiger partial charge in [-0.3, -0.25) is 0 Å². The Kier molecular flexibility index (Phi) is 3.20. The molecule has 1 unspecified atom stereocenters. The van der Waals surface area contributed by atoms with E-state index >= 15 is 0 Å². The first-order valence-corrected chi connectivity index (χ1v) is 7.76. The summed E-state index contributed by atoms with van der Waals surface area (Å²) in [6.07, 6.45) is 4.00. The summed E-state index contributed by atoms with van der Waals surface area (Å²) in [5, 5.41) is 3.45. The van der Waals surface area contributed by atoms with E-state index in [1.165, 1.54) is 36.6 Å². The van der Waals surface area contributed by atoms with E-state index < -0.39 is 0 Å². The molecule has 1 atom stereocenters. The summed E-state index contributed by atoms with van der Waals surface area (Å²) in [4.78, 5) is 4.96. The molecule has 0 spiro atoms. The average molecular weight is 261 g/mol. The lowest BCUT2D eigenvalue weighted by Gasteiger charge is -2.24. The first kappa shape index (κ1) is 13.2. The summed E-state index contributed by atoms with van der Waals surface area (Å²) in [6, 6.07) is 0. The van der Waals surface area contributed by atoms with Gasteiger partial charge in [-0.15, -0.1) is 0 Å². The molecule has 2 heterocycles. The van der Waals surface area contributed by atoms with Gasteiger partial charge >= 0.3 is 0 Å². The molecule has 19 heavy (non-hydrogen) atoms. The number of rotatable bonds is 3. The number of fused-ring (bicyclic) bond motifs is 1. The summed E-state index contributed by atoms with van der Waals surface area (Å²) in [7, 11) is 0. The zero-order chi connectivity index (χ0) is 13.6. The summed E-state index contributed by atoms with van der Waals surface area (Å²) < 4.78 is 2.55. The first-order chi connectivity index (χ1) is 8.97. The molecule has 1 aromatic rings. The number of aromatic nitrogens is 2. The Bertz CT molecular complexity index is 463. The van der Waals surface area contributed by atoms with Crippen LogP contribution in [-0.4, -0.2) is 16.1 Å². The lowest BCUT2D eigenvalue weighted by molar-refractivity contribution is 0.390. The van der Waals surface area contributed by atoms with Gasteiger partial charge < -0.3 is 9.88 Å². The van der Waals surface area contributed by atoms with Gasteiger partial charge in [0.05, 0.1) is 5.69 Å². The van der Waals surface area contributed by atoms with Crippen molar-refractivity contribution < 1.29 is 0 Å². The fourth-order valence-corrected chi connectivity index (χ4v) is 3.24. The van der Waals surface area contributed by atoms with Crippen molar-refractivity contribution in [3.63, 3.8) is 0 Å². The molecule has 1 fully saturated rings. The number of nitrogens with one attached hydrogen (secondary N) is 1. The molecule has 2 aliphatic rings. The second-order valence-corrected chi connectivity index (χ2v) is 7.43. The molecule has 0 saturated heterocycles. The van der Waals surface area contributed by atoms with Gasteiger partial charge in [0.2, 0.25) is 0 Å². The van der Waals surface area contributed by atoms with E-state index in [9.17, 15) is 0 Å². The monoisotopic (exact) mass is 261 g/mol. The second kappa shape index (κ2) is 4.62. The van der Waals surface area contributed by atoms with Crippen LogP contribution in [0.5, 0.6) is 0 Å². The molecule has 106 valence electrons. The first-order valence-electron chi connectivity index (χ1n) is 7.76. The summed E-state index contributed by atoms with van der Waals surface area (Å²) in [5.41, 5.74) is 2.93. The minimum Gasteiger partial charge on any atom is -0.331 e. The topological polar surface area (TPSA) is 29.9 Å². The minimum atomic E-state index is 0.139. The van der Waals surface area contributed by atoms with Crippen LogP contribution in [0.25, 0.3) is 0 Å². The van der Waals surface area contributed by atoms with Crippen molar-refractivity contribution in [1.29, 1.82) is 0 Å². The quantitative estimate of drug-likeness (QED) is 0.906. The van der Waals surface area contributed by atoms with Crippen LogP contribution >= 0.6 is 0 Å². The van der Waals surface area contributed by atoms with Gasteiger partial charge in [-0.05, 0) is 24.7 Å². The average Bonchev–Trinajstić information content (AvgIpc) is 3.12. The van der Waals surface area contributed by atoms with Gasteiger partial charge in [0.1, 0.15) is 5.82 Å². The van der Waals surface area contributed by atoms with Crippen LogP contribution in [0.1, 0.15) is 57.7 Å². The van der Waals surface area contributed by atoms with Crippen molar-refractivity contribution in [2.45, 2.75) is 65.5 Å². The van der Waals surface area contributed by atoms with Gasteiger partial charge in [0.25, 0.3) is 0 Å². The predicted octanol–water partition coefficient (Wildman–Crippen LogP) is 2.87. The van der Waals surface area contributed by atoms with E-state index in [0.29, 0.717) is 0 Å².